The highest BCUT2D eigenvalue weighted by atomic mass is 19.4. The van der Waals surface area contributed by atoms with Gasteiger partial charge in [0, 0.05) is 18.7 Å². The van der Waals surface area contributed by atoms with Crippen molar-refractivity contribution in [2.24, 2.45) is 5.73 Å². The highest BCUT2D eigenvalue weighted by Crippen LogP contribution is 2.29. The van der Waals surface area contributed by atoms with Gasteiger partial charge in [0.2, 0.25) is 11.7 Å². The van der Waals surface area contributed by atoms with Gasteiger partial charge < -0.3 is 10.3 Å². The van der Waals surface area contributed by atoms with Crippen LogP contribution in [0.15, 0.2) is 28.8 Å². The van der Waals surface area contributed by atoms with Crippen molar-refractivity contribution in [2.45, 2.75) is 31.5 Å². The summed E-state index contributed by atoms with van der Waals surface area (Å²) in [6.07, 6.45) is -2.75. The number of likely N-dealkylation sites (tertiary alicyclic amines) is 1. The Labute approximate surface area is 137 Å². The van der Waals surface area contributed by atoms with Crippen LogP contribution >= 0.6 is 0 Å². The number of nitrogens with two attached hydrogens (primary N) is 1. The Morgan fingerprint density at radius 3 is 2.67 bits per heavy atom. The lowest BCUT2D eigenvalue weighted by Crippen LogP contribution is -2.40. The molecule has 1 aromatic heterocycles. The van der Waals surface area contributed by atoms with E-state index >= 15 is 0 Å². The molecular weight excluding hydrogens is 321 g/mol. The van der Waals surface area contributed by atoms with Crippen molar-refractivity contribution in [1.82, 2.24) is 15.0 Å². The summed E-state index contributed by atoms with van der Waals surface area (Å²) in [5.74, 6) is 0.687. The molecule has 1 aliphatic rings. The maximum atomic E-state index is 12.6. The first kappa shape index (κ1) is 16.9. The zero-order valence-electron chi connectivity index (χ0n) is 13.1. The van der Waals surface area contributed by atoms with Crippen LogP contribution in [0.2, 0.25) is 0 Å². The van der Waals surface area contributed by atoms with Crippen molar-refractivity contribution in [3.8, 4) is 11.4 Å². The Bertz CT molecular complexity index is 669. The number of alkyl halides is 3. The lowest BCUT2D eigenvalue weighted by Gasteiger charge is -2.31. The molecule has 1 atom stereocenters. The SMILES string of the molecule is NCc1ccc(-c2noc(C3CCCN(CC(F)(F)F)C3)n2)cc1. The minimum absolute atomic E-state index is 0.161. The van der Waals surface area contributed by atoms with E-state index in [0.717, 1.165) is 17.5 Å². The fourth-order valence-electron chi connectivity index (χ4n) is 2.96. The third kappa shape index (κ3) is 4.12. The van der Waals surface area contributed by atoms with Crippen LogP contribution < -0.4 is 5.73 Å². The Morgan fingerprint density at radius 2 is 2.00 bits per heavy atom. The van der Waals surface area contributed by atoms with E-state index in [1.54, 1.807) is 0 Å². The highest BCUT2D eigenvalue weighted by Gasteiger charge is 2.34. The minimum atomic E-state index is -4.19. The molecule has 1 unspecified atom stereocenters. The number of benzene rings is 1. The van der Waals surface area contributed by atoms with Crippen LogP contribution in [0.5, 0.6) is 0 Å². The van der Waals surface area contributed by atoms with E-state index < -0.39 is 12.7 Å². The molecule has 24 heavy (non-hydrogen) atoms. The van der Waals surface area contributed by atoms with Crippen molar-refractivity contribution >= 4 is 0 Å². The van der Waals surface area contributed by atoms with Gasteiger partial charge in [-0.2, -0.15) is 18.2 Å². The standard InChI is InChI=1S/C16H19F3N4O/c17-16(18,19)10-23-7-1-2-13(9-23)15-21-14(22-24-15)12-5-3-11(8-20)4-6-12/h3-6,13H,1-2,7-10,20H2. The lowest BCUT2D eigenvalue weighted by atomic mass is 9.98. The first-order valence-electron chi connectivity index (χ1n) is 7.87. The Balaban J connectivity index is 1.70. The number of rotatable bonds is 4. The first-order chi connectivity index (χ1) is 11.4. The van der Waals surface area contributed by atoms with E-state index in [4.69, 9.17) is 10.3 Å². The third-order valence-electron chi connectivity index (χ3n) is 4.15. The van der Waals surface area contributed by atoms with E-state index in [2.05, 4.69) is 10.1 Å². The monoisotopic (exact) mass is 340 g/mol. The molecule has 1 fully saturated rings. The van der Waals surface area contributed by atoms with Gasteiger partial charge >= 0.3 is 6.18 Å². The molecule has 2 aromatic rings. The van der Waals surface area contributed by atoms with Crippen LogP contribution in [0.3, 0.4) is 0 Å². The van der Waals surface area contributed by atoms with Gasteiger partial charge in [-0.05, 0) is 24.9 Å². The summed E-state index contributed by atoms with van der Waals surface area (Å²) in [6, 6.07) is 7.48. The van der Waals surface area contributed by atoms with Gasteiger partial charge in [-0.3, -0.25) is 4.90 Å². The van der Waals surface area contributed by atoms with Crippen LogP contribution in [0.1, 0.15) is 30.2 Å². The first-order valence-corrected chi connectivity index (χ1v) is 7.87. The van der Waals surface area contributed by atoms with E-state index in [1.165, 1.54) is 4.90 Å². The van der Waals surface area contributed by atoms with Crippen LogP contribution in [0.4, 0.5) is 13.2 Å². The summed E-state index contributed by atoms with van der Waals surface area (Å²) in [4.78, 5) is 5.77. The largest absolute Gasteiger partial charge is 0.401 e. The zero-order valence-corrected chi connectivity index (χ0v) is 13.1. The molecule has 130 valence electrons. The molecule has 2 heterocycles. The number of halogens is 3. The summed E-state index contributed by atoms with van der Waals surface area (Å²) >= 11 is 0. The van der Waals surface area contributed by atoms with E-state index in [-0.39, 0.29) is 12.5 Å². The molecule has 0 radical (unpaired) electrons. The van der Waals surface area contributed by atoms with Gasteiger partial charge in [-0.1, -0.05) is 29.4 Å². The average Bonchev–Trinajstić information content (AvgIpc) is 3.03. The number of piperidine rings is 1. The second-order valence-corrected chi connectivity index (χ2v) is 6.05. The second kappa shape index (κ2) is 6.90. The maximum Gasteiger partial charge on any atom is 0.401 e. The fraction of sp³-hybridized carbons (Fsp3) is 0.500. The van der Waals surface area contributed by atoms with Crippen LogP contribution in [0.25, 0.3) is 11.4 Å². The molecule has 0 bridgehead atoms. The molecule has 3 rings (SSSR count). The van der Waals surface area contributed by atoms with Crippen LogP contribution in [-0.2, 0) is 6.54 Å². The van der Waals surface area contributed by atoms with Crippen molar-refractivity contribution in [2.75, 3.05) is 19.6 Å². The normalized spacial score (nSPS) is 19.6. The topological polar surface area (TPSA) is 68.2 Å². The fourth-order valence-corrected chi connectivity index (χ4v) is 2.96. The minimum Gasteiger partial charge on any atom is -0.339 e. The maximum absolute atomic E-state index is 12.6. The third-order valence-corrected chi connectivity index (χ3v) is 4.15. The van der Waals surface area contributed by atoms with Gasteiger partial charge in [0.25, 0.3) is 0 Å². The summed E-state index contributed by atoms with van der Waals surface area (Å²) < 4.78 is 43.0. The number of aromatic nitrogens is 2. The van der Waals surface area contributed by atoms with Crippen molar-refractivity contribution < 1.29 is 17.7 Å². The Morgan fingerprint density at radius 1 is 1.25 bits per heavy atom. The van der Waals surface area contributed by atoms with Crippen molar-refractivity contribution in [3.05, 3.63) is 35.7 Å². The summed E-state index contributed by atoms with van der Waals surface area (Å²) in [5.41, 5.74) is 7.36. The molecule has 8 heteroatoms. The van der Waals surface area contributed by atoms with Crippen LogP contribution in [-0.4, -0.2) is 40.9 Å². The Kier molecular flexibility index (Phi) is 4.86. The number of hydrogen-bond acceptors (Lipinski definition) is 5. The van der Waals surface area contributed by atoms with Gasteiger partial charge in [0.1, 0.15) is 0 Å². The summed E-state index contributed by atoms with van der Waals surface area (Å²) in [7, 11) is 0. The quantitative estimate of drug-likeness (QED) is 0.927. The number of nitrogens with zero attached hydrogens (tertiary/aromatic N) is 3. The predicted octanol–water partition coefficient (Wildman–Crippen LogP) is 2.94. The molecule has 0 saturated carbocycles. The van der Waals surface area contributed by atoms with Crippen molar-refractivity contribution in [1.29, 1.82) is 0 Å². The molecule has 1 saturated heterocycles. The van der Waals surface area contributed by atoms with Gasteiger partial charge in [0.05, 0.1) is 12.5 Å². The molecule has 0 aliphatic carbocycles. The average molecular weight is 340 g/mol. The van der Waals surface area contributed by atoms with Crippen molar-refractivity contribution in [3.63, 3.8) is 0 Å². The molecule has 1 aromatic carbocycles. The molecule has 1 aliphatic heterocycles. The molecular formula is C16H19F3N4O. The summed E-state index contributed by atoms with van der Waals surface area (Å²) in [5, 5.41) is 3.96. The highest BCUT2D eigenvalue weighted by molar-refractivity contribution is 5.54. The van der Waals surface area contributed by atoms with Gasteiger partial charge in [-0.25, -0.2) is 0 Å². The van der Waals surface area contributed by atoms with E-state index in [1.807, 2.05) is 24.3 Å². The summed E-state index contributed by atoms with van der Waals surface area (Å²) in [6.45, 7) is 0.282. The molecule has 0 amide bonds. The zero-order chi connectivity index (χ0) is 17.2. The smallest absolute Gasteiger partial charge is 0.339 e. The van der Waals surface area contributed by atoms with Gasteiger partial charge in [-0.15, -0.1) is 0 Å². The molecule has 0 spiro atoms. The van der Waals surface area contributed by atoms with E-state index in [9.17, 15) is 13.2 Å². The predicted molar refractivity (Wildman–Crippen MR) is 82.1 cm³/mol. The van der Waals surface area contributed by atoms with E-state index in [0.29, 0.717) is 31.2 Å². The molecule has 5 nitrogen and oxygen atoms in total. The lowest BCUT2D eigenvalue weighted by molar-refractivity contribution is -0.148. The molecule has 2 N–H and O–H groups in total. The second-order valence-electron chi connectivity index (χ2n) is 6.05. The van der Waals surface area contributed by atoms with Crippen LogP contribution in [0, 0.1) is 0 Å². The number of hydrogen-bond donors (Lipinski definition) is 1. The van der Waals surface area contributed by atoms with Gasteiger partial charge in [0.15, 0.2) is 0 Å². The Hall–Kier alpha value is -1.93.